The zero-order chi connectivity index (χ0) is 19.1. The van der Waals surface area contributed by atoms with Crippen molar-refractivity contribution in [3.8, 4) is 0 Å². The van der Waals surface area contributed by atoms with Crippen LogP contribution in [0.5, 0.6) is 0 Å². The molecule has 2 aliphatic rings. The second kappa shape index (κ2) is 6.86. The molecule has 0 N–H and O–H groups in total. The van der Waals surface area contributed by atoms with Gasteiger partial charge in [0.05, 0.1) is 12.5 Å². The molecule has 0 aromatic carbocycles. The van der Waals surface area contributed by atoms with Crippen molar-refractivity contribution in [2.45, 2.75) is 72.8 Å². The number of ether oxygens (including phenoxy) is 1. The number of carbonyl (C=O) groups excluding carboxylic acids is 2. The number of hydrogen-bond acceptors (Lipinski definition) is 4. The number of fused-ring (bicyclic) bond motifs is 1. The molecular weight excluding hydrogens is 328 g/mol. The Morgan fingerprint density at radius 1 is 1.31 bits per heavy atom. The molecule has 0 radical (unpaired) electrons. The van der Waals surface area contributed by atoms with E-state index in [1.807, 2.05) is 6.07 Å². The van der Waals surface area contributed by atoms with E-state index in [1.54, 1.807) is 12.5 Å². The summed E-state index contributed by atoms with van der Waals surface area (Å²) in [6.45, 7) is 10.7. The Morgan fingerprint density at radius 2 is 2.04 bits per heavy atom. The molecule has 4 heteroatoms. The average molecular weight is 360 g/mol. The highest BCUT2D eigenvalue weighted by atomic mass is 16.5. The van der Waals surface area contributed by atoms with Gasteiger partial charge in [0.2, 0.25) is 0 Å². The third-order valence-electron chi connectivity index (χ3n) is 7.77. The van der Waals surface area contributed by atoms with Crippen LogP contribution in [0.15, 0.2) is 23.0 Å². The summed E-state index contributed by atoms with van der Waals surface area (Å²) >= 11 is 0. The molecule has 0 aliphatic heterocycles. The van der Waals surface area contributed by atoms with E-state index in [1.165, 1.54) is 13.3 Å². The molecule has 1 heterocycles. The summed E-state index contributed by atoms with van der Waals surface area (Å²) in [5.74, 6) is 1.30. The van der Waals surface area contributed by atoms with Crippen molar-refractivity contribution < 1.29 is 18.7 Å². The van der Waals surface area contributed by atoms with Crippen LogP contribution in [0.1, 0.15) is 78.4 Å². The van der Waals surface area contributed by atoms with E-state index < -0.39 is 0 Å². The normalized spacial score (nSPS) is 38.5. The molecular formula is C22H32O4. The van der Waals surface area contributed by atoms with E-state index in [4.69, 9.17) is 9.15 Å². The number of furan rings is 1. The molecule has 1 aromatic heterocycles. The van der Waals surface area contributed by atoms with Gasteiger partial charge in [-0.05, 0) is 53.9 Å². The monoisotopic (exact) mass is 360 g/mol. The Hall–Kier alpha value is -1.58. The molecule has 6 atom stereocenters. The topological polar surface area (TPSA) is 56.5 Å². The van der Waals surface area contributed by atoms with Gasteiger partial charge in [-0.25, -0.2) is 0 Å². The van der Waals surface area contributed by atoms with Gasteiger partial charge in [-0.1, -0.05) is 27.7 Å². The number of esters is 1. The average Bonchev–Trinajstić information content (AvgIpc) is 3.08. The lowest BCUT2D eigenvalue weighted by Crippen LogP contribution is -2.54. The summed E-state index contributed by atoms with van der Waals surface area (Å²) in [5, 5.41) is 0. The lowest BCUT2D eigenvalue weighted by atomic mass is 9.44. The third-order valence-corrected chi connectivity index (χ3v) is 7.77. The summed E-state index contributed by atoms with van der Waals surface area (Å²) in [7, 11) is 0. The first-order chi connectivity index (χ1) is 12.2. The molecule has 3 rings (SSSR count). The van der Waals surface area contributed by atoms with Crippen molar-refractivity contribution >= 4 is 11.8 Å². The van der Waals surface area contributed by atoms with E-state index in [2.05, 4.69) is 27.7 Å². The highest BCUT2D eigenvalue weighted by Gasteiger charge is 2.57. The van der Waals surface area contributed by atoms with Gasteiger partial charge in [0, 0.05) is 25.3 Å². The largest absolute Gasteiger partial charge is 0.472 e. The Labute approximate surface area is 156 Å². The standard InChI is InChI=1S/C22H32O4/c1-14-6-8-21(4)15(2)10-18(24)11-20(21)22(14,5)12-19(26-16(3)23)17-7-9-25-13-17/h7,9,13-15,19-20H,6,8,10-12H2,1-5H3/t14-,15-,19-,20+,21+,22+/m1/s1. The molecule has 0 bridgehead atoms. The van der Waals surface area contributed by atoms with Gasteiger partial charge in [-0.2, -0.15) is 0 Å². The van der Waals surface area contributed by atoms with Crippen molar-refractivity contribution in [2.75, 3.05) is 0 Å². The van der Waals surface area contributed by atoms with E-state index in [0.29, 0.717) is 36.4 Å². The predicted molar refractivity (Wildman–Crippen MR) is 99.3 cm³/mol. The molecule has 0 amide bonds. The maximum absolute atomic E-state index is 12.5. The van der Waals surface area contributed by atoms with E-state index in [0.717, 1.165) is 18.4 Å². The fourth-order valence-corrected chi connectivity index (χ4v) is 5.70. The van der Waals surface area contributed by atoms with E-state index in [-0.39, 0.29) is 22.9 Å². The first-order valence-electron chi connectivity index (χ1n) is 9.88. The summed E-state index contributed by atoms with van der Waals surface area (Å²) in [6, 6.07) is 1.87. The number of carbonyl (C=O) groups is 2. The molecule has 0 spiro atoms. The van der Waals surface area contributed by atoms with Crippen LogP contribution in [0.25, 0.3) is 0 Å². The summed E-state index contributed by atoms with van der Waals surface area (Å²) in [6.07, 6.45) is 7.37. The second-order valence-electron chi connectivity index (χ2n) is 9.21. The fraction of sp³-hybridized carbons (Fsp3) is 0.727. The fourth-order valence-electron chi connectivity index (χ4n) is 5.70. The van der Waals surface area contributed by atoms with Gasteiger partial charge in [0.25, 0.3) is 0 Å². The molecule has 0 unspecified atom stereocenters. The minimum atomic E-state index is -0.326. The van der Waals surface area contributed by atoms with Crippen molar-refractivity contribution in [3.05, 3.63) is 24.2 Å². The molecule has 0 saturated heterocycles. The van der Waals surface area contributed by atoms with Gasteiger partial charge in [0.15, 0.2) is 0 Å². The molecule has 2 fully saturated rings. The zero-order valence-electron chi connectivity index (χ0n) is 16.7. The Balaban J connectivity index is 1.95. The predicted octanol–water partition coefficient (Wildman–Crippen LogP) is 5.33. The van der Waals surface area contributed by atoms with Crippen LogP contribution in [-0.4, -0.2) is 11.8 Å². The first-order valence-corrected chi connectivity index (χ1v) is 9.88. The third kappa shape index (κ3) is 3.23. The minimum absolute atomic E-state index is 0.0608. The van der Waals surface area contributed by atoms with Crippen LogP contribution >= 0.6 is 0 Å². The van der Waals surface area contributed by atoms with Gasteiger partial charge in [-0.15, -0.1) is 0 Å². The highest BCUT2D eigenvalue weighted by Crippen LogP contribution is 2.63. The molecule has 26 heavy (non-hydrogen) atoms. The van der Waals surface area contributed by atoms with Gasteiger partial charge < -0.3 is 9.15 Å². The zero-order valence-corrected chi connectivity index (χ0v) is 16.7. The Kier molecular flexibility index (Phi) is 5.06. The van der Waals surface area contributed by atoms with Gasteiger partial charge in [-0.3, -0.25) is 9.59 Å². The molecule has 2 aliphatic carbocycles. The molecule has 4 nitrogen and oxygen atoms in total. The lowest BCUT2D eigenvalue weighted by Gasteiger charge is -2.60. The van der Waals surface area contributed by atoms with Crippen LogP contribution in [0.3, 0.4) is 0 Å². The summed E-state index contributed by atoms with van der Waals surface area (Å²) < 4.78 is 10.9. The summed E-state index contributed by atoms with van der Waals surface area (Å²) in [4.78, 5) is 24.2. The number of hydrogen-bond donors (Lipinski definition) is 0. The maximum atomic E-state index is 12.5. The quantitative estimate of drug-likeness (QED) is 0.681. The smallest absolute Gasteiger partial charge is 0.303 e. The molecule has 1 aromatic rings. The summed E-state index contributed by atoms with van der Waals surface area (Å²) in [5.41, 5.74) is 1.01. The molecule has 2 saturated carbocycles. The van der Waals surface area contributed by atoms with E-state index in [9.17, 15) is 9.59 Å². The number of ketones is 1. The molecule has 144 valence electrons. The van der Waals surface area contributed by atoms with Crippen molar-refractivity contribution in [1.29, 1.82) is 0 Å². The van der Waals surface area contributed by atoms with Gasteiger partial charge >= 0.3 is 5.97 Å². The van der Waals surface area contributed by atoms with Crippen LogP contribution < -0.4 is 0 Å². The van der Waals surface area contributed by atoms with Crippen LogP contribution in [-0.2, 0) is 14.3 Å². The highest BCUT2D eigenvalue weighted by molar-refractivity contribution is 5.80. The van der Waals surface area contributed by atoms with E-state index >= 15 is 0 Å². The maximum Gasteiger partial charge on any atom is 0.303 e. The van der Waals surface area contributed by atoms with Crippen LogP contribution in [0.2, 0.25) is 0 Å². The van der Waals surface area contributed by atoms with Crippen molar-refractivity contribution in [1.82, 2.24) is 0 Å². The van der Waals surface area contributed by atoms with Crippen LogP contribution in [0.4, 0.5) is 0 Å². The lowest BCUT2D eigenvalue weighted by molar-refractivity contribution is -0.161. The number of Topliss-reactive ketones (excluding diaryl/α,β-unsaturated/α-hetero) is 1. The number of rotatable bonds is 4. The first kappa shape index (κ1) is 19.2. The van der Waals surface area contributed by atoms with Crippen molar-refractivity contribution in [2.24, 2.45) is 28.6 Å². The van der Waals surface area contributed by atoms with Gasteiger partial charge in [0.1, 0.15) is 11.9 Å². The van der Waals surface area contributed by atoms with Crippen molar-refractivity contribution in [3.63, 3.8) is 0 Å². The van der Waals surface area contributed by atoms with Crippen LogP contribution in [0, 0.1) is 28.6 Å². The Bertz CT molecular complexity index is 664. The SMILES string of the molecule is CC(=O)O[C@H](C[C@]1(C)[C@H]2CC(=O)C[C@@H](C)[C@]2(C)CC[C@H]1C)c1ccoc1. The second-order valence-corrected chi connectivity index (χ2v) is 9.21. The Morgan fingerprint density at radius 3 is 2.65 bits per heavy atom. The minimum Gasteiger partial charge on any atom is -0.472 e.